The number of unbranched alkanes of at least 4 members (excludes halogenated alkanes) is 2. The zero-order chi connectivity index (χ0) is 7.11. The molecule has 53 valence electrons. The van der Waals surface area contributed by atoms with Crippen molar-refractivity contribution >= 4 is 0 Å². The zero-order valence-corrected chi connectivity index (χ0v) is 6.61. The van der Waals surface area contributed by atoms with E-state index in [2.05, 4.69) is 20.4 Å². The summed E-state index contributed by atoms with van der Waals surface area (Å²) in [7, 11) is 0. The van der Waals surface area contributed by atoms with Gasteiger partial charge in [-0.1, -0.05) is 26.3 Å². The van der Waals surface area contributed by atoms with Gasteiger partial charge in [-0.05, 0) is 25.2 Å². The third kappa shape index (κ3) is 7.74. The molecule has 0 aromatic heterocycles. The highest BCUT2D eigenvalue weighted by atomic mass is 14.0. The van der Waals surface area contributed by atoms with Gasteiger partial charge in [0.05, 0.1) is 0 Å². The molecule has 0 saturated carbocycles. The summed E-state index contributed by atoms with van der Waals surface area (Å²) in [6, 6.07) is 0. The first-order valence-electron chi connectivity index (χ1n) is 3.67. The average Bonchev–Trinajstić information content (AvgIpc) is 1.80. The Morgan fingerprint density at radius 2 is 2.00 bits per heavy atom. The van der Waals surface area contributed by atoms with Crippen LogP contribution in [-0.4, -0.2) is 0 Å². The molecular weight excluding hydrogens is 108 g/mol. The van der Waals surface area contributed by atoms with E-state index in [1.54, 1.807) is 5.92 Å². The van der Waals surface area contributed by atoms with E-state index in [9.17, 15) is 0 Å². The molecule has 0 aliphatic carbocycles. The largest absolute Gasteiger partial charge is 0.103 e. The van der Waals surface area contributed by atoms with Crippen molar-refractivity contribution in [1.82, 2.24) is 0 Å². The molecule has 0 nitrogen and oxygen atoms in total. The van der Waals surface area contributed by atoms with Gasteiger partial charge in [-0.2, -0.15) is 0 Å². The van der Waals surface area contributed by atoms with Crippen molar-refractivity contribution in [2.24, 2.45) is 0 Å². The summed E-state index contributed by atoms with van der Waals surface area (Å²) in [5.41, 5.74) is 0. The fraction of sp³-hybridized carbons (Fsp3) is 0.667. The maximum atomic E-state index is 3.67. The molecule has 0 aliphatic rings. The summed E-state index contributed by atoms with van der Waals surface area (Å²) in [5.74, 6) is 1.54. The minimum atomic E-state index is 1.17. The quantitative estimate of drug-likeness (QED) is 0.390. The van der Waals surface area contributed by atoms with Gasteiger partial charge in [0.2, 0.25) is 0 Å². The van der Waals surface area contributed by atoms with E-state index < -0.39 is 0 Å². The Balaban J connectivity index is 2.82. The van der Waals surface area contributed by atoms with Crippen LogP contribution in [0.4, 0.5) is 0 Å². The number of allylic oxidation sites excluding steroid dienone is 1. The summed E-state index contributed by atoms with van der Waals surface area (Å²) in [6.07, 6.45) is 7.08. The molecule has 0 aromatic carbocycles. The van der Waals surface area contributed by atoms with Crippen LogP contribution in [0.1, 0.15) is 39.5 Å². The number of hydrogen-bond donors (Lipinski definition) is 0. The van der Waals surface area contributed by atoms with Gasteiger partial charge in [-0.25, -0.2) is 0 Å². The van der Waals surface area contributed by atoms with Crippen LogP contribution in [0.3, 0.4) is 0 Å². The van der Waals surface area contributed by atoms with Gasteiger partial charge in [0.25, 0.3) is 0 Å². The molecule has 0 aromatic rings. The molecule has 9 heavy (non-hydrogen) atoms. The molecule has 0 atom stereocenters. The second kappa shape index (κ2) is 5.87. The lowest BCUT2D eigenvalue weighted by Crippen LogP contribution is -1.83. The Labute approximate surface area is 59.0 Å². The lowest BCUT2D eigenvalue weighted by molar-refractivity contribution is 0.698. The predicted molar refractivity (Wildman–Crippen MR) is 43.3 cm³/mol. The Morgan fingerprint density at radius 3 is 2.44 bits per heavy atom. The molecular formula is C9H17. The molecule has 0 bridgehead atoms. The summed E-state index contributed by atoms with van der Waals surface area (Å²) in [6.45, 7) is 8.05. The third-order valence-corrected chi connectivity index (χ3v) is 1.34. The fourth-order valence-electron chi connectivity index (χ4n) is 0.767. The maximum absolute atomic E-state index is 3.67. The summed E-state index contributed by atoms with van der Waals surface area (Å²) in [4.78, 5) is 0. The first kappa shape index (κ1) is 8.74. The molecule has 0 N–H and O–H groups in total. The predicted octanol–water partition coefficient (Wildman–Crippen LogP) is 3.35. The first-order chi connectivity index (χ1) is 4.27. The topological polar surface area (TPSA) is 0 Å². The second-order valence-electron chi connectivity index (χ2n) is 2.74. The normalized spacial score (nSPS) is 10.1. The van der Waals surface area contributed by atoms with Gasteiger partial charge in [0, 0.05) is 0 Å². The van der Waals surface area contributed by atoms with Gasteiger partial charge in [0.15, 0.2) is 0 Å². The molecule has 0 rings (SSSR count). The van der Waals surface area contributed by atoms with E-state index in [1.807, 2.05) is 6.08 Å². The number of rotatable bonds is 5. The van der Waals surface area contributed by atoms with Crippen LogP contribution in [-0.2, 0) is 0 Å². The van der Waals surface area contributed by atoms with Gasteiger partial charge in [0.1, 0.15) is 0 Å². The second-order valence-corrected chi connectivity index (χ2v) is 2.74. The molecule has 0 fully saturated rings. The standard InChI is InChI=1S/C9H17/c1-4-5-6-7-8-9(2)3/h4H,1,5-8H2,2-3H3. The minimum absolute atomic E-state index is 1.17. The van der Waals surface area contributed by atoms with E-state index in [0.717, 1.165) is 0 Å². The van der Waals surface area contributed by atoms with E-state index in [-0.39, 0.29) is 0 Å². The maximum Gasteiger partial charge on any atom is -0.0303 e. The molecule has 0 unspecified atom stereocenters. The van der Waals surface area contributed by atoms with Crippen LogP contribution >= 0.6 is 0 Å². The van der Waals surface area contributed by atoms with Crippen molar-refractivity contribution in [3.05, 3.63) is 18.6 Å². The molecule has 1 radical (unpaired) electrons. The minimum Gasteiger partial charge on any atom is -0.103 e. The van der Waals surface area contributed by atoms with E-state index >= 15 is 0 Å². The van der Waals surface area contributed by atoms with Crippen molar-refractivity contribution in [1.29, 1.82) is 0 Å². The van der Waals surface area contributed by atoms with E-state index in [4.69, 9.17) is 0 Å². The van der Waals surface area contributed by atoms with E-state index in [1.165, 1.54) is 25.7 Å². The Kier molecular flexibility index (Phi) is 5.70. The SMILES string of the molecule is C=CCCCC[C](C)C. The molecule has 0 saturated heterocycles. The summed E-state index contributed by atoms with van der Waals surface area (Å²) in [5, 5.41) is 0. The molecule has 0 heterocycles. The van der Waals surface area contributed by atoms with Crippen LogP contribution in [0, 0.1) is 5.92 Å². The highest BCUT2D eigenvalue weighted by molar-refractivity contribution is 4.76. The average molecular weight is 125 g/mol. The van der Waals surface area contributed by atoms with Gasteiger partial charge in [-0.3, -0.25) is 0 Å². The van der Waals surface area contributed by atoms with Crippen molar-refractivity contribution in [3.63, 3.8) is 0 Å². The van der Waals surface area contributed by atoms with Crippen LogP contribution in [0.25, 0.3) is 0 Å². The Morgan fingerprint density at radius 1 is 1.33 bits per heavy atom. The van der Waals surface area contributed by atoms with Gasteiger partial charge in [-0.15, -0.1) is 6.58 Å². The first-order valence-corrected chi connectivity index (χ1v) is 3.67. The van der Waals surface area contributed by atoms with Gasteiger partial charge < -0.3 is 0 Å². The van der Waals surface area contributed by atoms with E-state index in [0.29, 0.717) is 0 Å². The van der Waals surface area contributed by atoms with Crippen molar-refractivity contribution in [3.8, 4) is 0 Å². The molecule has 0 aliphatic heterocycles. The van der Waals surface area contributed by atoms with Gasteiger partial charge >= 0.3 is 0 Å². The molecule has 0 spiro atoms. The molecule has 0 amide bonds. The molecule has 0 heteroatoms. The van der Waals surface area contributed by atoms with Crippen molar-refractivity contribution in [2.45, 2.75) is 39.5 Å². The van der Waals surface area contributed by atoms with Crippen molar-refractivity contribution < 1.29 is 0 Å². The Hall–Kier alpha value is -0.260. The highest BCUT2D eigenvalue weighted by Crippen LogP contribution is 2.09. The highest BCUT2D eigenvalue weighted by Gasteiger charge is 1.91. The van der Waals surface area contributed by atoms with Crippen LogP contribution < -0.4 is 0 Å². The van der Waals surface area contributed by atoms with Crippen LogP contribution in [0.2, 0.25) is 0 Å². The van der Waals surface area contributed by atoms with Crippen molar-refractivity contribution in [2.75, 3.05) is 0 Å². The zero-order valence-electron chi connectivity index (χ0n) is 6.61. The third-order valence-electron chi connectivity index (χ3n) is 1.34. The smallest absolute Gasteiger partial charge is 0.0303 e. The lowest BCUT2D eigenvalue weighted by Gasteiger charge is -2.00. The van der Waals surface area contributed by atoms with Crippen LogP contribution in [0.5, 0.6) is 0 Å². The Bertz CT molecular complexity index is 62.4. The summed E-state index contributed by atoms with van der Waals surface area (Å²) < 4.78 is 0. The monoisotopic (exact) mass is 125 g/mol. The van der Waals surface area contributed by atoms with Crippen LogP contribution in [0.15, 0.2) is 12.7 Å². The number of hydrogen-bond acceptors (Lipinski definition) is 0. The fourth-order valence-corrected chi connectivity index (χ4v) is 0.767. The lowest BCUT2D eigenvalue weighted by atomic mass is 10.1. The summed E-state index contributed by atoms with van der Waals surface area (Å²) >= 11 is 0.